The molecule has 0 unspecified atom stereocenters. The molecular weight excluding hydrogens is 414 g/mol. The topological polar surface area (TPSA) is 131 Å². The number of H-pyrrole nitrogens is 2. The maximum absolute atomic E-state index is 13.2. The highest BCUT2D eigenvalue weighted by Gasteiger charge is 2.25. The Morgan fingerprint density at radius 2 is 1.59 bits per heavy atom. The van der Waals surface area contributed by atoms with Gasteiger partial charge in [0.15, 0.2) is 0 Å². The first kappa shape index (κ1) is 25.4. The molecule has 0 fully saturated rings. The van der Waals surface area contributed by atoms with E-state index in [1.165, 1.54) is 5.01 Å². The van der Waals surface area contributed by atoms with Crippen molar-refractivity contribution in [3.05, 3.63) is 35.9 Å². The van der Waals surface area contributed by atoms with Crippen LogP contribution in [0, 0.1) is 0 Å². The summed E-state index contributed by atoms with van der Waals surface area (Å²) in [4.78, 5) is 35.6. The molecule has 0 spiro atoms. The fourth-order valence-corrected chi connectivity index (χ4v) is 3.21. The number of hydrazine groups is 1. The average Bonchev–Trinajstić information content (AvgIpc) is 3.41. The van der Waals surface area contributed by atoms with E-state index in [4.69, 9.17) is 5.11 Å². The van der Waals surface area contributed by atoms with E-state index in [0.717, 1.165) is 13.0 Å². The number of aromatic amines is 2. The van der Waals surface area contributed by atoms with Gasteiger partial charge in [-0.3, -0.25) is 9.59 Å². The van der Waals surface area contributed by atoms with Gasteiger partial charge >= 0.3 is 0 Å². The van der Waals surface area contributed by atoms with Gasteiger partial charge in [0, 0.05) is 46.1 Å². The molecule has 2 heterocycles. The van der Waals surface area contributed by atoms with E-state index < -0.39 is 0 Å². The minimum Gasteiger partial charge on any atom is -0.395 e. The van der Waals surface area contributed by atoms with Crippen molar-refractivity contribution in [2.45, 2.75) is 6.42 Å². The monoisotopic (exact) mass is 449 g/mol. The summed E-state index contributed by atoms with van der Waals surface area (Å²) in [6, 6.07) is 3.28. The summed E-state index contributed by atoms with van der Waals surface area (Å²) >= 11 is 0. The Kier molecular flexibility index (Phi) is 9.72. The van der Waals surface area contributed by atoms with Crippen LogP contribution in [0.5, 0.6) is 0 Å². The lowest BCUT2D eigenvalue weighted by atomic mass is 10.3. The Hall–Kier alpha value is -2.86. The standard InChI is InChI=1S/C21H35N7O4/c1-25(2)7-5-8-26(3)20(31)19-13-17(15-24-19)28(27(4)9-11-30)21(32)18-12-16(14-23-18)22-6-10-29/h12-15,22-24,29-30H,5-11H2,1-4H3. The van der Waals surface area contributed by atoms with Crippen molar-refractivity contribution in [3.8, 4) is 0 Å². The Bertz CT molecular complexity index is 864. The second-order valence-electron chi connectivity index (χ2n) is 7.83. The second kappa shape index (κ2) is 12.2. The summed E-state index contributed by atoms with van der Waals surface area (Å²) in [7, 11) is 7.41. The molecule has 0 aliphatic heterocycles. The number of amides is 2. The lowest BCUT2D eigenvalue weighted by Crippen LogP contribution is -2.45. The van der Waals surface area contributed by atoms with Gasteiger partial charge in [-0.25, -0.2) is 10.0 Å². The van der Waals surface area contributed by atoms with Crippen LogP contribution < -0.4 is 10.3 Å². The molecule has 11 nitrogen and oxygen atoms in total. The zero-order chi connectivity index (χ0) is 23.7. The van der Waals surface area contributed by atoms with E-state index >= 15 is 0 Å². The van der Waals surface area contributed by atoms with Crippen molar-refractivity contribution in [2.75, 3.05) is 77.9 Å². The van der Waals surface area contributed by atoms with Gasteiger partial charge < -0.3 is 35.3 Å². The number of anilines is 2. The van der Waals surface area contributed by atoms with E-state index in [9.17, 15) is 14.7 Å². The summed E-state index contributed by atoms with van der Waals surface area (Å²) < 4.78 is 0. The highest BCUT2D eigenvalue weighted by molar-refractivity contribution is 6.05. The average molecular weight is 450 g/mol. The number of aliphatic hydroxyl groups is 2. The first-order valence-electron chi connectivity index (χ1n) is 10.6. The number of aromatic nitrogens is 2. The molecule has 0 aromatic carbocycles. The number of rotatable bonds is 13. The molecule has 0 bridgehead atoms. The minimum absolute atomic E-state index is 0.0242. The maximum Gasteiger partial charge on any atom is 0.289 e. The number of aliphatic hydroxyl groups excluding tert-OH is 2. The maximum atomic E-state index is 13.2. The van der Waals surface area contributed by atoms with Gasteiger partial charge in [-0.05, 0) is 39.2 Å². The van der Waals surface area contributed by atoms with Crippen molar-refractivity contribution in [1.29, 1.82) is 0 Å². The number of likely N-dealkylation sites (N-methyl/N-ethyl adjacent to an activating group) is 1. The highest BCUT2D eigenvalue weighted by Crippen LogP contribution is 2.22. The molecular formula is C21H35N7O4. The molecule has 178 valence electrons. The lowest BCUT2D eigenvalue weighted by molar-refractivity contribution is 0.0784. The number of carbonyl (C=O) groups is 2. The third-order valence-electron chi connectivity index (χ3n) is 4.90. The fraction of sp³-hybridized carbons (Fsp3) is 0.524. The molecule has 32 heavy (non-hydrogen) atoms. The molecule has 11 heteroatoms. The second-order valence-corrected chi connectivity index (χ2v) is 7.83. The molecule has 2 aromatic rings. The van der Waals surface area contributed by atoms with Crippen LogP contribution in [-0.4, -0.2) is 114 Å². The van der Waals surface area contributed by atoms with Crippen LogP contribution >= 0.6 is 0 Å². The first-order valence-corrected chi connectivity index (χ1v) is 10.6. The van der Waals surface area contributed by atoms with Gasteiger partial charge in [0.1, 0.15) is 11.4 Å². The molecule has 0 radical (unpaired) electrons. The molecule has 0 aliphatic rings. The van der Waals surface area contributed by atoms with Crippen molar-refractivity contribution >= 4 is 23.2 Å². The van der Waals surface area contributed by atoms with E-state index in [1.807, 2.05) is 14.1 Å². The van der Waals surface area contributed by atoms with E-state index in [-0.39, 0.29) is 31.6 Å². The summed E-state index contributed by atoms with van der Waals surface area (Å²) in [5.41, 5.74) is 1.86. The molecule has 5 N–H and O–H groups in total. The SMILES string of the molecule is CN(C)CCCN(C)C(=O)c1cc(N(C(=O)c2cc(NCCO)c[nH]2)N(C)CCO)c[nH]1. The van der Waals surface area contributed by atoms with Crippen LogP contribution in [0.25, 0.3) is 0 Å². The van der Waals surface area contributed by atoms with Crippen molar-refractivity contribution < 1.29 is 19.8 Å². The molecule has 0 saturated carbocycles. The van der Waals surface area contributed by atoms with Crippen LogP contribution in [0.1, 0.15) is 27.4 Å². The molecule has 2 rings (SSSR count). The van der Waals surface area contributed by atoms with Crippen LogP contribution in [0.2, 0.25) is 0 Å². The lowest BCUT2D eigenvalue weighted by Gasteiger charge is -2.30. The summed E-state index contributed by atoms with van der Waals surface area (Å²) in [5, 5.41) is 24.3. The Morgan fingerprint density at radius 1 is 0.906 bits per heavy atom. The predicted molar refractivity (Wildman–Crippen MR) is 124 cm³/mol. The van der Waals surface area contributed by atoms with E-state index in [0.29, 0.717) is 35.9 Å². The van der Waals surface area contributed by atoms with Gasteiger partial charge in [-0.15, -0.1) is 0 Å². The summed E-state index contributed by atoms with van der Waals surface area (Å²) in [5.74, 6) is -0.516. The Balaban J connectivity index is 2.19. The number of hydrogen-bond acceptors (Lipinski definition) is 7. The Morgan fingerprint density at radius 3 is 2.25 bits per heavy atom. The quantitative estimate of drug-likeness (QED) is 0.277. The van der Waals surface area contributed by atoms with Gasteiger partial charge in [0.05, 0.1) is 24.6 Å². The number of carbonyl (C=O) groups excluding carboxylic acids is 2. The number of nitrogens with one attached hydrogen (secondary N) is 3. The highest BCUT2D eigenvalue weighted by atomic mass is 16.3. The largest absolute Gasteiger partial charge is 0.395 e. The minimum atomic E-state index is -0.352. The number of hydrogen-bond donors (Lipinski definition) is 5. The smallest absolute Gasteiger partial charge is 0.289 e. The normalized spacial score (nSPS) is 11.2. The number of nitrogens with zero attached hydrogens (tertiary/aromatic N) is 4. The van der Waals surface area contributed by atoms with Gasteiger partial charge in [-0.1, -0.05) is 0 Å². The van der Waals surface area contributed by atoms with Gasteiger partial charge in [-0.2, -0.15) is 0 Å². The Labute approximate surface area is 188 Å². The zero-order valence-electron chi connectivity index (χ0n) is 19.3. The van der Waals surface area contributed by atoms with E-state index in [1.54, 1.807) is 48.5 Å². The van der Waals surface area contributed by atoms with Crippen molar-refractivity contribution in [3.63, 3.8) is 0 Å². The van der Waals surface area contributed by atoms with Crippen LogP contribution in [0.15, 0.2) is 24.5 Å². The van der Waals surface area contributed by atoms with Gasteiger partial charge in [0.2, 0.25) is 0 Å². The molecule has 0 atom stereocenters. The first-order chi connectivity index (χ1) is 15.3. The molecule has 0 saturated heterocycles. The van der Waals surface area contributed by atoms with Crippen LogP contribution in [0.3, 0.4) is 0 Å². The van der Waals surface area contributed by atoms with Gasteiger partial charge in [0.25, 0.3) is 11.8 Å². The molecule has 2 aromatic heterocycles. The van der Waals surface area contributed by atoms with E-state index in [2.05, 4.69) is 20.2 Å². The fourth-order valence-electron chi connectivity index (χ4n) is 3.21. The summed E-state index contributed by atoms with van der Waals surface area (Å²) in [6.07, 6.45) is 4.09. The third kappa shape index (κ3) is 6.82. The summed E-state index contributed by atoms with van der Waals surface area (Å²) in [6.45, 7) is 1.92. The van der Waals surface area contributed by atoms with Crippen LogP contribution in [0.4, 0.5) is 11.4 Å². The van der Waals surface area contributed by atoms with Crippen molar-refractivity contribution in [2.24, 2.45) is 0 Å². The van der Waals surface area contributed by atoms with Crippen molar-refractivity contribution in [1.82, 2.24) is 24.8 Å². The predicted octanol–water partition coefficient (Wildman–Crippen LogP) is 0.257. The zero-order valence-corrected chi connectivity index (χ0v) is 19.3. The third-order valence-corrected chi connectivity index (χ3v) is 4.90. The van der Waals surface area contributed by atoms with Crippen LogP contribution in [-0.2, 0) is 0 Å². The molecule has 2 amide bonds. The molecule has 0 aliphatic carbocycles.